The fourth-order valence-electron chi connectivity index (χ4n) is 4.71. The van der Waals surface area contributed by atoms with E-state index in [9.17, 15) is 0 Å². The van der Waals surface area contributed by atoms with Gasteiger partial charge >= 0.3 is 0 Å². The van der Waals surface area contributed by atoms with Gasteiger partial charge in [-0.3, -0.25) is 20.1 Å². The van der Waals surface area contributed by atoms with Crippen LogP contribution in [0.15, 0.2) is 74.0 Å². The van der Waals surface area contributed by atoms with Crippen LogP contribution in [0.2, 0.25) is 0 Å². The molecule has 40 heavy (non-hydrogen) atoms. The minimum absolute atomic E-state index is 0.143. The summed E-state index contributed by atoms with van der Waals surface area (Å²) >= 11 is 1.66. The molecule has 6 aromatic heterocycles. The number of allylic oxidation sites excluding steroid dienone is 2. The van der Waals surface area contributed by atoms with Crippen LogP contribution < -0.4 is 5.32 Å². The first kappa shape index (κ1) is 25.6. The van der Waals surface area contributed by atoms with E-state index in [1.807, 2.05) is 31.3 Å². The molecule has 3 N–H and O–H groups in total. The fourth-order valence-corrected chi connectivity index (χ4v) is 5.64. The average molecular weight is 547 g/mol. The zero-order valence-corrected chi connectivity index (χ0v) is 23.8. The van der Waals surface area contributed by atoms with Crippen molar-refractivity contribution < 1.29 is 0 Å². The van der Waals surface area contributed by atoms with E-state index in [0.717, 1.165) is 77.7 Å². The summed E-state index contributed by atoms with van der Waals surface area (Å²) in [5.74, 6) is 0.663. The van der Waals surface area contributed by atoms with Gasteiger partial charge in [-0.05, 0) is 54.7 Å². The molecule has 0 fully saturated rings. The topological polar surface area (TPSA) is 108 Å². The molecule has 9 heteroatoms. The smallest absolute Gasteiger partial charge is 0.159 e. The lowest BCUT2D eigenvalue weighted by atomic mass is 9.91. The second-order valence-electron chi connectivity index (χ2n) is 11.2. The zero-order chi connectivity index (χ0) is 28.0. The highest BCUT2D eigenvalue weighted by Gasteiger charge is 2.18. The van der Waals surface area contributed by atoms with Crippen molar-refractivity contribution in [2.24, 2.45) is 5.41 Å². The van der Waals surface area contributed by atoms with Crippen LogP contribution >= 0.6 is 11.3 Å². The Kier molecular flexibility index (Phi) is 6.31. The van der Waals surface area contributed by atoms with Crippen molar-refractivity contribution in [2.75, 3.05) is 5.32 Å². The fraction of sp³-hybridized carbons (Fsp3) is 0.194. The molecule has 0 spiro atoms. The first-order valence-corrected chi connectivity index (χ1v) is 13.8. The Morgan fingerprint density at radius 2 is 1.85 bits per heavy atom. The number of aromatic amines is 2. The Labute approximate surface area is 236 Å². The van der Waals surface area contributed by atoms with Gasteiger partial charge in [-0.1, -0.05) is 33.9 Å². The number of hydrogen-bond acceptors (Lipinski definition) is 7. The van der Waals surface area contributed by atoms with E-state index in [4.69, 9.17) is 4.98 Å². The van der Waals surface area contributed by atoms with Crippen LogP contribution in [-0.4, -0.2) is 35.1 Å². The molecule has 0 bridgehead atoms. The number of thiophene rings is 1. The second-order valence-corrected chi connectivity index (χ2v) is 12.3. The van der Waals surface area contributed by atoms with Gasteiger partial charge in [-0.2, -0.15) is 5.10 Å². The molecular formula is C31H30N8S. The predicted octanol–water partition coefficient (Wildman–Crippen LogP) is 8.08. The van der Waals surface area contributed by atoms with Crippen LogP contribution in [0.25, 0.3) is 60.9 Å². The van der Waals surface area contributed by atoms with Crippen LogP contribution in [0.3, 0.4) is 0 Å². The first-order valence-electron chi connectivity index (χ1n) is 13.0. The summed E-state index contributed by atoms with van der Waals surface area (Å²) in [6.07, 6.45) is 8.06. The minimum atomic E-state index is 0.143. The summed E-state index contributed by atoms with van der Waals surface area (Å²) in [4.78, 5) is 24.3. The number of nitrogens with zero attached hydrogens (tertiary/aromatic N) is 5. The van der Waals surface area contributed by atoms with Crippen LogP contribution in [0.1, 0.15) is 39.0 Å². The van der Waals surface area contributed by atoms with Gasteiger partial charge in [0, 0.05) is 33.9 Å². The minimum Gasteiger partial charge on any atom is -0.358 e. The number of nitrogens with one attached hydrogen (secondary N) is 3. The lowest BCUT2D eigenvalue weighted by Gasteiger charge is -2.20. The van der Waals surface area contributed by atoms with E-state index < -0.39 is 0 Å². The van der Waals surface area contributed by atoms with E-state index in [0.29, 0.717) is 5.82 Å². The maximum atomic E-state index is 4.95. The summed E-state index contributed by atoms with van der Waals surface area (Å²) in [6, 6.07) is 10.1. The maximum absolute atomic E-state index is 4.95. The largest absolute Gasteiger partial charge is 0.358 e. The summed E-state index contributed by atoms with van der Waals surface area (Å²) < 4.78 is 0. The van der Waals surface area contributed by atoms with Crippen LogP contribution in [-0.2, 0) is 0 Å². The van der Waals surface area contributed by atoms with E-state index in [1.54, 1.807) is 29.9 Å². The van der Waals surface area contributed by atoms with Crippen molar-refractivity contribution >= 4 is 44.5 Å². The maximum Gasteiger partial charge on any atom is 0.159 e. The highest BCUT2D eigenvalue weighted by molar-refractivity contribution is 7.16. The Morgan fingerprint density at radius 3 is 2.62 bits per heavy atom. The van der Waals surface area contributed by atoms with Crippen molar-refractivity contribution in [3.63, 3.8) is 0 Å². The number of imidazole rings is 1. The quantitative estimate of drug-likeness (QED) is 0.187. The normalized spacial score (nSPS) is 11.8. The Balaban J connectivity index is 1.36. The second kappa shape index (κ2) is 9.84. The number of anilines is 1. The van der Waals surface area contributed by atoms with Gasteiger partial charge in [0.25, 0.3) is 0 Å². The number of H-pyrrole nitrogens is 2. The average Bonchev–Trinajstić information content (AvgIpc) is 3.65. The van der Waals surface area contributed by atoms with E-state index >= 15 is 0 Å². The van der Waals surface area contributed by atoms with Crippen molar-refractivity contribution in [1.29, 1.82) is 0 Å². The van der Waals surface area contributed by atoms with Crippen molar-refractivity contribution in [1.82, 2.24) is 35.1 Å². The summed E-state index contributed by atoms with van der Waals surface area (Å²) in [6.45, 7) is 16.8. The molecule has 0 aliphatic heterocycles. The zero-order valence-electron chi connectivity index (χ0n) is 23.0. The number of rotatable bonds is 7. The van der Waals surface area contributed by atoms with Gasteiger partial charge in [-0.25, -0.2) is 4.98 Å². The summed E-state index contributed by atoms with van der Waals surface area (Å²) in [7, 11) is 0. The highest BCUT2D eigenvalue weighted by atomic mass is 32.1. The third kappa shape index (κ3) is 5.03. The number of hydrogen-bond donors (Lipinski definition) is 3. The number of aromatic nitrogens is 7. The van der Waals surface area contributed by atoms with E-state index in [2.05, 4.69) is 81.5 Å². The summed E-state index contributed by atoms with van der Waals surface area (Å²) in [5.41, 5.74) is 8.76. The van der Waals surface area contributed by atoms with Gasteiger partial charge in [0.05, 0.1) is 39.7 Å². The van der Waals surface area contributed by atoms with Crippen LogP contribution in [0.5, 0.6) is 0 Å². The molecule has 0 aliphatic carbocycles. The van der Waals surface area contributed by atoms with Crippen LogP contribution in [0, 0.1) is 5.41 Å². The lowest BCUT2D eigenvalue weighted by molar-refractivity contribution is 0.411. The van der Waals surface area contributed by atoms with Gasteiger partial charge in [0.1, 0.15) is 16.9 Å². The Bertz CT molecular complexity index is 1900. The Morgan fingerprint density at radius 1 is 1.00 bits per heavy atom. The molecule has 0 aromatic carbocycles. The molecule has 0 atom stereocenters. The Hall–Kier alpha value is -4.63. The number of fused-ring (bicyclic) bond motifs is 2. The SMILES string of the molecule is C=C(CC(C)(C)C)Nc1cncc(-c2cc3c(-c4nc5c(-c6ccc(C(=C)C)s6)nccc5[nH]4)n[nH]c3cn2)c1. The van der Waals surface area contributed by atoms with Gasteiger partial charge < -0.3 is 10.3 Å². The van der Waals surface area contributed by atoms with Crippen LogP contribution in [0.4, 0.5) is 5.69 Å². The predicted molar refractivity (Wildman–Crippen MR) is 165 cm³/mol. The molecule has 0 saturated heterocycles. The van der Waals surface area contributed by atoms with Gasteiger partial charge in [0.15, 0.2) is 5.82 Å². The van der Waals surface area contributed by atoms with E-state index in [1.165, 1.54) is 0 Å². The van der Waals surface area contributed by atoms with Gasteiger partial charge in [-0.15, -0.1) is 11.3 Å². The highest BCUT2D eigenvalue weighted by Crippen LogP contribution is 2.35. The molecular weight excluding hydrogens is 516 g/mol. The molecule has 0 amide bonds. The monoisotopic (exact) mass is 546 g/mol. The lowest BCUT2D eigenvalue weighted by Crippen LogP contribution is -2.10. The first-order chi connectivity index (χ1) is 19.1. The third-order valence-corrected chi connectivity index (χ3v) is 7.69. The molecule has 6 heterocycles. The molecule has 8 nitrogen and oxygen atoms in total. The summed E-state index contributed by atoms with van der Waals surface area (Å²) in [5, 5.41) is 12.0. The van der Waals surface area contributed by atoms with Crippen molar-refractivity contribution in [2.45, 2.75) is 34.1 Å². The molecule has 0 unspecified atom stereocenters. The third-order valence-electron chi connectivity index (χ3n) is 6.43. The molecule has 6 rings (SSSR count). The standard InChI is InChI=1S/C31H30N8S/c1-17(2)25-7-8-26(40-25)29-28-22(9-10-33-29)36-30(37-28)27-21-12-23(34-16-24(21)38-39-27)19-11-20(15-32-14-19)35-18(3)13-31(4,5)6/h7-12,14-16,35H,1,3,13H2,2,4-6H3,(H,36,37)(H,38,39). The van der Waals surface area contributed by atoms with Crippen molar-refractivity contribution in [3.05, 3.63) is 78.9 Å². The van der Waals surface area contributed by atoms with Gasteiger partial charge in [0.2, 0.25) is 0 Å². The van der Waals surface area contributed by atoms with E-state index in [-0.39, 0.29) is 5.41 Å². The number of pyridine rings is 3. The molecule has 6 aromatic rings. The molecule has 0 saturated carbocycles. The van der Waals surface area contributed by atoms with Crippen molar-refractivity contribution in [3.8, 4) is 33.3 Å². The molecule has 0 aliphatic rings. The molecule has 200 valence electrons. The molecule has 0 radical (unpaired) electrons.